The summed E-state index contributed by atoms with van der Waals surface area (Å²) in [6.07, 6.45) is 0. The Kier molecular flexibility index (Phi) is 4.51. The quantitative estimate of drug-likeness (QED) is 0.816. The van der Waals surface area contributed by atoms with Crippen molar-refractivity contribution in [3.63, 3.8) is 0 Å². The van der Waals surface area contributed by atoms with Gasteiger partial charge in [0.15, 0.2) is 0 Å². The molecule has 4 rings (SSSR count). The maximum absolute atomic E-state index is 12.7. The molecular formula is C20H22N4OS. The van der Waals surface area contributed by atoms with Crippen LogP contribution in [-0.4, -0.2) is 47.4 Å². The number of amides is 1. The van der Waals surface area contributed by atoms with E-state index in [0.29, 0.717) is 28.9 Å². The highest BCUT2D eigenvalue weighted by molar-refractivity contribution is 7.09. The van der Waals surface area contributed by atoms with Gasteiger partial charge in [0.25, 0.3) is 5.91 Å². The van der Waals surface area contributed by atoms with E-state index in [4.69, 9.17) is 5.26 Å². The molecule has 1 aliphatic carbocycles. The fourth-order valence-electron chi connectivity index (χ4n) is 4.12. The van der Waals surface area contributed by atoms with Gasteiger partial charge in [0, 0.05) is 36.3 Å². The topological polar surface area (TPSA) is 60.2 Å². The van der Waals surface area contributed by atoms with Gasteiger partial charge in [0.1, 0.15) is 5.01 Å². The molecule has 26 heavy (non-hydrogen) atoms. The zero-order valence-electron chi connectivity index (χ0n) is 15.1. The Labute approximate surface area is 157 Å². The first-order valence-electron chi connectivity index (χ1n) is 8.94. The Morgan fingerprint density at radius 2 is 2.19 bits per heavy atom. The number of piperidine rings is 1. The number of rotatable bonds is 5. The number of fused-ring (bicyclic) bond motifs is 1. The molecule has 2 heterocycles. The van der Waals surface area contributed by atoms with Gasteiger partial charge in [-0.15, -0.1) is 11.3 Å². The molecule has 1 aromatic carbocycles. The summed E-state index contributed by atoms with van der Waals surface area (Å²) in [4.78, 5) is 21.5. The monoisotopic (exact) mass is 366 g/mol. The summed E-state index contributed by atoms with van der Waals surface area (Å²) in [6, 6.07) is 9.10. The summed E-state index contributed by atoms with van der Waals surface area (Å²) in [7, 11) is 2.15. The van der Waals surface area contributed by atoms with Gasteiger partial charge in [-0.2, -0.15) is 5.26 Å². The van der Waals surface area contributed by atoms with Crippen LogP contribution in [0.5, 0.6) is 0 Å². The number of benzene rings is 1. The van der Waals surface area contributed by atoms with E-state index in [-0.39, 0.29) is 5.91 Å². The lowest BCUT2D eigenvalue weighted by molar-refractivity contribution is 0.0764. The van der Waals surface area contributed by atoms with Crippen molar-refractivity contribution in [3.05, 3.63) is 51.5 Å². The lowest BCUT2D eigenvalue weighted by atomic mass is 10.1. The second kappa shape index (κ2) is 6.82. The maximum Gasteiger partial charge on any atom is 0.253 e. The normalized spacial score (nSPS) is 23.8. The van der Waals surface area contributed by atoms with Crippen LogP contribution < -0.4 is 0 Å². The van der Waals surface area contributed by atoms with Gasteiger partial charge in [-0.3, -0.25) is 9.69 Å². The number of nitriles is 1. The molecule has 1 saturated carbocycles. The number of thiazole rings is 1. The standard InChI is InChI=1S/C20H22N4OS/c1-13-12-26-19(22-13)11-23(2)8-16-17-9-24(10-18(16)17)20(25)15-5-3-4-14(6-15)7-21/h3-6,12,16-18H,8-11H2,1-2H3/t16?,17-,18+. The van der Waals surface area contributed by atoms with Crippen LogP contribution >= 0.6 is 11.3 Å². The average molecular weight is 366 g/mol. The predicted molar refractivity (Wildman–Crippen MR) is 101 cm³/mol. The van der Waals surface area contributed by atoms with E-state index in [1.807, 2.05) is 11.8 Å². The van der Waals surface area contributed by atoms with Crippen LogP contribution in [0.25, 0.3) is 0 Å². The molecule has 3 atom stereocenters. The van der Waals surface area contributed by atoms with Crippen LogP contribution in [0.15, 0.2) is 29.6 Å². The van der Waals surface area contributed by atoms with E-state index in [1.54, 1.807) is 35.6 Å². The highest BCUT2D eigenvalue weighted by Crippen LogP contribution is 2.52. The van der Waals surface area contributed by atoms with E-state index < -0.39 is 0 Å². The molecule has 1 saturated heterocycles. The zero-order valence-corrected chi connectivity index (χ0v) is 15.9. The van der Waals surface area contributed by atoms with Crippen molar-refractivity contribution in [3.8, 4) is 6.07 Å². The fraction of sp³-hybridized carbons (Fsp3) is 0.450. The van der Waals surface area contributed by atoms with Crippen LogP contribution in [0.4, 0.5) is 0 Å². The minimum Gasteiger partial charge on any atom is -0.338 e. The molecule has 2 aliphatic rings. The number of aryl methyl sites for hydroxylation is 1. The van der Waals surface area contributed by atoms with E-state index in [0.717, 1.165) is 31.9 Å². The fourth-order valence-corrected chi connectivity index (χ4v) is 4.97. The number of hydrogen-bond acceptors (Lipinski definition) is 5. The van der Waals surface area contributed by atoms with Crippen molar-refractivity contribution in [2.75, 3.05) is 26.7 Å². The third-order valence-corrected chi connectivity index (χ3v) is 6.44. The first-order valence-corrected chi connectivity index (χ1v) is 9.82. The van der Waals surface area contributed by atoms with Gasteiger partial charge in [-0.1, -0.05) is 6.07 Å². The molecular weight excluding hydrogens is 344 g/mol. The second-order valence-electron chi connectivity index (χ2n) is 7.47. The molecule has 6 heteroatoms. The van der Waals surface area contributed by atoms with E-state index in [9.17, 15) is 4.79 Å². The van der Waals surface area contributed by atoms with E-state index in [2.05, 4.69) is 28.4 Å². The molecule has 134 valence electrons. The van der Waals surface area contributed by atoms with Crippen molar-refractivity contribution in [2.24, 2.45) is 17.8 Å². The van der Waals surface area contributed by atoms with Crippen molar-refractivity contribution in [2.45, 2.75) is 13.5 Å². The van der Waals surface area contributed by atoms with Gasteiger partial charge in [0.05, 0.1) is 18.2 Å². The van der Waals surface area contributed by atoms with Crippen LogP contribution in [0.2, 0.25) is 0 Å². The third kappa shape index (κ3) is 3.37. The van der Waals surface area contributed by atoms with Crippen LogP contribution in [-0.2, 0) is 6.54 Å². The van der Waals surface area contributed by atoms with Crippen molar-refractivity contribution in [1.29, 1.82) is 5.26 Å². The van der Waals surface area contributed by atoms with Crippen molar-refractivity contribution < 1.29 is 4.79 Å². The Hall–Kier alpha value is -2.23. The molecule has 1 aliphatic heterocycles. The summed E-state index contributed by atoms with van der Waals surface area (Å²) in [5.74, 6) is 1.99. The smallest absolute Gasteiger partial charge is 0.253 e. The summed E-state index contributed by atoms with van der Waals surface area (Å²) in [6.45, 7) is 5.69. The van der Waals surface area contributed by atoms with Crippen molar-refractivity contribution in [1.82, 2.24) is 14.8 Å². The molecule has 0 radical (unpaired) electrons. The maximum atomic E-state index is 12.7. The van der Waals surface area contributed by atoms with Gasteiger partial charge in [-0.25, -0.2) is 4.98 Å². The minimum atomic E-state index is 0.0552. The Morgan fingerprint density at radius 3 is 2.85 bits per heavy atom. The minimum absolute atomic E-state index is 0.0552. The highest BCUT2D eigenvalue weighted by Gasteiger charge is 2.56. The number of aromatic nitrogens is 1. The van der Waals surface area contributed by atoms with Gasteiger partial charge in [-0.05, 0) is 49.9 Å². The Morgan fingerprint density at radius 1 is 1.42 bits per heavy atom. The first kappa shape index (κ1) is 17.2. The average Bonchev–Trinajstić information content (AvgIpc) is 2.99. The molecule has 2 fully saturated rings. The Balaban J connectivity index is 1.29. The van der Waals surface area contributed by atoms with Crippen LogP contribution in [0.3, 0.4) is 0 Å². The number of nitrogens with zero attached hydrogens (tertiary/aromatic N) is 4. The van der Waals surface area contributed by atoms with Gasteiger partial charge < -0.3 is 4.90 Å². The molecule has 1 unspecified atom stereocenters. The number of likely N-dealkylation sites (tertiary alicyclic amines) is 1. The van der Waals surface area contributed by atoms with Gasteiger partial charge in [0.2, 0.25) is 0 Å². The molecule has 2 aromatic rings. The van der Waals surface area contributed by atoms with E-state index >= 15 is 0 Å². The molecule has 0 bridgehead atoms. The second-order valence-corrected chi connectivity index (χ2v) is 8.42. The lowest BCUT2D eigenvalue weighted by Gasteiger charge is -2.22. The molecule has 1 aromatic heterocycles. The number of carbonyl (C=O) groups excluding carboxylic acids is 1. The molecule has 5 nitrogen and oxygen atoms in total. The molecule has 0 spiro atoms. The number of hydrogen-bond donors (Lipinski definition) is 0. The summed E-state index contributed by atoms with van der Waals surface area (Å²) < 4.78 is 0. The van der Waals surface area contributed by atoms with E-state index in [1.165, 1.54) is 5.01 Å². The number of carbonyl (C=O) groups is 1. The van der Waals surface area contributed by atoms with Crippen LogP contribution in [0, 0.1) is 36.0 Å². The van der Waals surface area contributed by atoms with Gasteiger partial charge >= 0.3 is 0 Å². The summed E-state index contributed by atoms with van der Waals surface area (Å²) >= 11 is 1.72. The zero-order chi connectivity index (χ0) is 18.3. The molecule has 0 N–H and O–H groups in total. The summed E-state index contributed by atoms with van der Waals surface area (Å²) in [5, 5.41) is 12.3. The highest BCUT2D eigenvalue weighted by atomic mass is 32.1. The predicted octanol–water partition coefficient (Wildman–Crippen LogP) is 2.77. The van der Waals surface area contributed by atoms with Crippen LogP contribution in [0.1, 0.15) is 26.6 Å². The first-order chi connectivity index (χ1) is 12.5. The third-order valence-electron chi connectivity index (χ3n) is 5.49. The van der Waals surface area contributed by atoms with Crippen molar-refractivity contribution >= 4 is 17.2 Å². The largest absolute Gasteiger partial charge is 0.338 e. The SMILES string of the molecule is Cc1csc(CN(C)CC2[C@H]3CN(C(=O)c4cccc(C#N)c4)C[C@@H]23)n1. The Bertz CT molecular complexity index is 859. The lowest BCUT2D eigenvalue weighted by Crippen LogP contribution is -2.33. The molecule has 1 amide bonds. The summed E-state index contributed by atoms with van der Waals surface area (Å²) in [5.41, 5.74) is 2.26.